The third-order valence-corrected chi connectivity index (χ3v) is 7.68. The summed E-state index contributed by atoms with van der Waals surface area (Å²) in [6.45, 7) is 2.47. The van der Waals surface area contributed by atoms with Gasteiger partial charge in [0.15, 0.2) is 0 Å². The van der Waals surface area contributed by atoms with Crippen LogP contribution in [0.15, 0.2) is 48.5 Å². The zero-order valence-corrected chi connectivity index (χ0v) is 18.5. The highest BCUT2D eigenvalue weighted by molar-refractivity contribution is 7.89. The van der Waals surface area contributed by atoms with E-state index < -0.39 is 10.0 Å². The largest absolute Gasteiger partial charge is 0.497 e. The molecule has 0 spiro atoms. The van der Waals surface area contributed by atoms with Crippen molar-refractivity contribution in [1.82, 2.24) is 4.31 Å². The molecule has 0 heterocycles. The van der Waals surface area contributed by atoms with Crippen LogP contribution >= 0.6 is 0 Å². The number of carbonyl (C=O) groups is 1. The summed E-state index contributed by atoms with van der Waals surface area (Å²) in [5.74, 6) is 1.82. The third-order valence-electron chi connectivity index (χ3n) is 5.69. The van der Waals surface area contributed by atoms with Crippen molar-refractivity contribution in [2.75, 3.05) is 20.0 Å². The zero-order chi connectivity index (χ0) is 21.7. The Morgan fingerprint density at radius 3 is 1.70 bits per heavy atom. The average molecular weight is 432 g/mol. The van der Waals surface area contributed by atoms with Crippen LogP contribution in [0.25, 0.3) is 0 Å². The molecular formula is C23H29NO5S. The molecule has 2 aromatic rings. The molecular weight excluding hydrogens is 402 g/mol. The number of ketones is 1. The number of methoxy groups -OCH3 is 2. The number of benzene rings is 2. The Hall–Kier alpha value is -2.38. The number of sulfonamides is 1. The van der Waals surface area contributed by atoms with Crippen LogP contribution < -0.4 is 9.47 Å². The molecule has 162 valence electrons. The maximum Gasteiger partial charge on any atom is 0.214 e. The van der Waals surface area contributed by atoms with Crippen LogP contribution in [0.3, 0.4) is 0 Å². The van der Waals surface area contributed by atoms with Crippen molar-refractivity contribution in [2.24, 2.45) is 11.8 Å². The van der Waals surface area contributed by atoms with Crippen molar-refractivity contribution in [3.63, 3.8) is 0 Å². The van der Waals surface area contributed by atoms with Crippen molar-refractivity contribution in [3.8, 4) is 11.5 Å². The predicted octanol–water partition coefficient (Wildman–Crippen LogP) is 3.65. The van der Waals surface area contributed by atoms with Gasteiger partial charge in [-0.15, -0.1) is 0 Å². The second-order valence-electron chi connectivity index (χ2n) is 7.93. The van der Waals surface area contributed by atoms with E-state index in [0.29, 0.717) is 12.8 Å². The number of ether oxygens (including phenoxy) is 2. The van der Waals surface area contributed by atoms with Crippen molar-refractivity contribution in [1.29, 1.82) is 0 Å². The van der Waals surface area contributed by atoms with Gasteiger partial charge in [-0.3, -0.25) is 4.79 Å². The van der Waals surface area contributed by atoms with Crippen LogP contribution in [0.5, 0.6) is 11.5 Å². The third kappa shape index (κ3) is 5.61. The van der Waals surface area contributed by atoms with E-state index in [0.717, 1.165) is 22.6 Å². The number of rotatable bonds is 10. The summed E-state index contributed by atoms with van der Waals surface area (Å²) in [7, 11) is -0.330. The lowest BCUT2D eigenvalue weighted by Crippen LogP contribution is -2.38. The van der Waals surface area contributed by atoms with E-state index in [4.69, 9.17) is 9.47 Å². The molecule has 1 aliphatic carbocycles. The van der Waals surface area contributed by atoms with E-state index in [2.05, 4.69) is 0 Å². The van der Waals surface area contributed by atoms with Gasteiger partial charge < -0.3 is 9.47 Å². The molecule has 0 saturated heterocycles. The van der Waals surface area contributed by atoms with Gasteiger partial charge in [-0.05, 0) is 47.2 Å². The summed E-state index contributed by atoms with van der Waals surface area (Å²) in [5, 5.41) is 0. The van der Waals surface area contributed by atoms with Crippen LogP contribution in [0.2, 0.25) is 0 Å². The van der Waals surface area contributed by atoms with Crippen LogP contribution in [0.1, 0.15) is 30.9 Å². The lowest BCUT2D eigenvalue weighted by molar-refractivity contribution is -0.128. The van der Waals surface area contributed by atoms with E-state index in [1.807, 2.05) is 55.5 Å². The Kier molecular flexibility index (Phi) is 7.15. The van der Waals surface area contributed by atoms with E-state index in [9.17, 15) is 13.2 Å². The Morgan fingerprint density at radius 1 is 0.900 bits per heavy atom. The van der Waals surface area contributed by atoms with Crippen LogP contribution in [0, 0.1) is 11.8 Å². The molecule has 7 heteroatoms. The smallest absolute Gasteiger partial charge is 0.214 e. The van der Waals surface area contributed by atoms with Gasteiger partial charge in [-0.25, -0.2) is 8.42 Å². The fraction of sp³-hybridized carbons (Fsp3) is 0.435. The molecule has 1 atom stereocenters. The first kappa shape index (κ1) is 22.3. The Balaban J connectivity index is 1.79. The highest BCUT2D eigenvalue weighted by atomic mass is 32.2. The number of hydrogen-bond acceptors (Lipinski definition) is 5. The summed E-state index contributed by atoms with van der Waals surface area (Å²) in [6, 6.07) is 14.8. The first-order valence-corrected chi connectivity index (χ1v) is 11.7. The molecule has 30 heavy (non-hydrogen) atoms. The van der Waals surface area contributed by atoms with Gasteiger partial charge in [0.25, 0.3) is 0 Å². The van der Waals surface area contributed by atoms with E-state index in [1.165, 1.54) is 4.31 Å². The molecule has 0 radical (unpaired) electrons. The number of hydrogen-bond donors (Lipinski definition) is 0. The minimum absolute atomic E-state index is 0.0389. The predicted molar refractivity (Wildman–Crippen MR) is 116 cm³/mol. The van der Waals surface area contributed by atoms with Crippen molar-refractivity contribution < 1.29 is 22.7 Å². The van der Waals surface area contributed by atoms with Crippen molar-refractivity contribution >= 4 is 15.8 Å². The molecule has 0 bridgehead atoms. The highest BCUT2D eigenvalue weighted by Crippen LogP contribution is 2.32. The quantitative estimate of drug-likeness (QED) is 0.574. The van der Waals surface area contributed by atoms with Crippen molar-refractivity contribution in [2.45, 2.75) is 32.9 Å². The number of nitrogens with zero attached hydrogens (tertiary/aromatic N) is 1. The summed E-state index contributed by atoms with van der Waals surface area (Å²) < 4.78 is 38.5. The van der Waals surface area contributed by atoms with Gasteiger partial charge in [0.1, 0.15) is 17.3 Å². The van der Waals surface area contributed by atoms with Gasteiger partial charge in [0.05, 0.1) is 20.0 Å². The zero-order valence-electron chi connectivity index (χ0n) is 17.7. The molecule has 1 unspecified atom stereocenters. The SMILES string of the molecule is COc1ccc(CN(Cc2ccc(OC)cc2)S(=O)(=O)CC(C)C2CC(=O)C2)cc1. The lowest BCUT2D eigenvalue weighted by atomic mass is 9.76. The second-order valence-corrected chi connectivity index (χ2v) is 9.94. The Bertz CT molecular complexity index is 897. The van der Waals surface area contributed by atoms with Gasteiger partial charge in [-0.1, -0.05) is 31.2 Å². The van der Waals surface area contributed by atoms with Crippen LogP contribution in [0.4, 0.5) is 0 Å². The second kappa shape index (κ2) is 9.62. The fourth-order valence-electron chi connectivity index (χ4n) is 3.62. The molecule has 3 rings (SSSR count). The van der Waals surface area contributed by atoms with Gasteiger partial charge >= 0.3 is 0 Å². The van der Waals surface area contributed by atoms with Gasteiger partial charge in [0.2, 0.25) is 10.0 Å². The normalized spacial score (nSPS) is 15.7. The number of carbonyl (C=O) groups excluding carboxylic acids is 1. The minimum Gasteiger partial charge on any atom is -0.497 e. The maximum atomic E-state index is 13.3. The summed E-state index contributed by atoms with van der Waals surface area (Å²) >= 11 is 0. The maximum absolute atomic E-state index is 13.3. The first-order valence-electron chi connectivity index (χ1n) is 10.1. The van der Waals surface area contributed by atoms with Crippen LogP contribution in [-0.2, 0) is 27.9 Å². The van der Waals surface area contributed by atoms with Gasteiger partial charge in [0, 0.05) is 25.9 Å². The molecule has 0 aromatic heterocycles. The van der Waals surface area contributed by atoms with Crippen LogP contribution in [-0.4, -0.2) is 38.5 Å². The topological polar surface area (TPSA) is 72.9 Å². The van der Waals surface area contributed by atoms with E-state index in [1.54, 1.807) is 14.2 Å². The summed E-state index contributed by atoms with van der Waals surface area (Å²) in [4.78, 5) is 11.3. The Labute approximate surface area is 178 Å². The number of Topliss-reactive ketones (excluding diaryl/α,β-unsaturated/α-hetero) is 1. The molecule has 0 amide bonds. The molecule has 1 saturated carbocycles. The average Bonchev–Trinajstić information content (AvgIpc) is 2.71. The molecule has 1 fully saturated rings. The molecule has 0 N–H and O–H groups in total. The first-order chi connectivity index (χ1) is 14.3. The van der Waals surface area contributed by atoms with E-state index in [-0.39, 0.29) is 36.5 Å². The minimum atomic E-state index is -3.53. The molecule has 2 aromatic carbocycles. The van der Waals surface area contributed by atoms with Crippen molar-refractivity contribution in [3.05, 3.63) is 59.7 Å². The lowest BCUT2D eigenvalue weighted by Gasteiger charge is -2.32. The van der Waals surface area contributed by atoms with E-state index >= 15 is 0 Å². The Morgan fingerprint density at radius 2 is 1.33 bits per heavy atom. The molecule has 1 aliphatic rings. The molecule has 0 aliphatic heterocycles. The monoisotopic (exact) mass is 431 g/mol. The molecule has 6 nitrogen and oxygen atoms in total. The standard InChI is InChI=1S/C23H29NO5S/c1-17(20-12-21(25)13-20)16-30(26,27)24(14-18-4-8-22(28-2)9-5-18)15-19-6-10-23(29-3)11-7-19/h4-11,17,20H,12-16H2,1-3H3. The fourth-order valence-corrected chi connectivity index (χ4v) is 5.46. The summed E-state index contributed by atoms with van der Waals surface area (Å²) in [5.41, 5.74) is 1.78. The summed E-state index contributed by atoms with van der Waals surface area (Å²) in [6.07, 6.45) is 0.987. The van der Waals surface area contributed by atoms with Gasteiger partial charge in [-0.2, -0.15) is 4.31 Å². The highest BCUT2D eigenvalue weighted by Gasteiger charge is 2.35.